The quantitative estimate of drug-likeness (QED) is 0.683. The first kappa shape index (κ1) is 16.1. The molecule has 0 fully saturated rings. The second-order valence-corrected chi connectivity index (χ2v) is 5.85. The number of carbonyl (C=O) groups is 1. The minimum Gasteiger partial charge on any atom is -0.497 e. The maximum Gasteiger partial charge on any atom is 0.336 e. The van der Waals surface area contributed by atoms with Gasteiger partial charge in [-0.25, -0.2) is 4.79 Å². The number of hydrogen-bond acceptors (Lipinski definition) is 6. The standard InChI is InChI=1S/C17H14N2O4S/c1-22-12-8-6-11(7-9-12)16-18-15(23-19-16)10-24-14-5-3-2-4-13(14)17(20)21/h2-9H,10H2,1H3,(H,20,21). The Balaban J connectivity index is 1.71. The highest BCUT2D eigenvalue weighted by atomic mass is 32.2. The first-order chi connectivity index (χ1) is 11.7. The van der Waals surface area contributed by atoms with Gasteiger partial charge in [-0.1, -0.05) is 17.3 Å². The van der Waals surface area contributed by atoms with Crippen molar-refractivity contribution in [3.63, 3.8) is 0 Å². The lowest BCUT2D eigenvalue weighted by Crippen LogP contribution is -1.98. The summed E-state index contributed by atoms with van der Waals surface area (Å²) in [6.07, 6.45) is 0. The molecular formula is C17H14N2O4S. The number of hydrogen-bond donors (Lipinski definition) is 1. The molecule has 1 N–H and O–H groups in total. The molecule has 2 aromatic carbocycles. The third-order valence-corrected chi connectivity index (χ3v) is 4.34. The molecule has 0 saturated heterocycles. The molecule has 7 heteroatoms. The van der Waals surface area contributed by atoms with Gasteiger partial charge in [-0.2, -0.15) is 4.98 Å². The van der Waals surface area contributed by atoms with Gasteiger partial charge in [-0.05, 0) is 36.4 Å². The number of aromatic carboxylic acids is 1. The molecule has 1 heterocycles. The summed E-state index contributed by atoms with van der Waals surface area (Å²) in [7, 11) is 1.60. The van der Waals surface area contributed by atoms with Crippen LogP contribution in [0.5, 0.6) is 5.75 Å². The van der Waals surface area contributed by atoms with Gasteiger partial charge in [-0.15, -0.1) is 11.8 Å². The molecule has 3 aromatic rings. The van der Waals surface area contributed by atoms with Crippen LogP contribution in [0.15, 0.2) is 57.9 Å². The Morgan fingerprint density at radius 3 is 2.67 bits per heavy atom. The molecule has 0 radical (unpaired) electrons. The number of benzene rings is 2. The molecule has 24 heavy (non-hydrogen) atoms. The van der Waals surface area contributed by atoms with Crippen molar-refractivity contribution in [3.8, 4) is 17.1 Å². The van der Waals surface area contributed by atoms with Crippen molar-refractivity contribution in [1.82, 2.24) is 10.1 Å². The Morgan fingerprint density at radius 2 is 1.96 bits per heavy atom. The molecule has 0 bridgehead atoms. The SMILES string of the molecule is COc1ccc(-c2noc(CSc3ccccc3C(=O)O)n2)cc1. The summed E-state index contributed by atoms with van der Waals surface area (Å²) in [6, 6.07) is 14.2. The van der Waals surface area contributed by atoms with Crippen LogP contribution in [0.1, 0.15) is 16.2 Å². The van der Waals surface area contributed by atoms with Gasteiger partial charge in [-0.3, -0.25) is 0 Å². The van der Waals surface area contributed by atoms with Crippen LogP contribution in [0, 0.1) is 0 Å². The zero-order chi connectivity index (χ0) is 16.9. The van der Waals surface area contributed by atoms with E-state index in [0.29, 0.717) is 22.4 Å². The Kier molecular flexibility index (Phi) is 4.81. The second kappa shape index (κ2) is 7.18. The number of rotatable bonds is 6. The van der Waals surface area contributed by atoms with E-state index in [1.807, 2.05) is 24.3 Å². The third-order valence-electron chi connectivity index (χ3n) is 3.28. The molecule has 1 aromatic heterocycles. The van der Waals surface area contributed by atoms with Crippen LogP contribution in [0.4, 0.5) is 0 Å². The summed E-state index contributed by atoms with van der Waals surface area (Å²) in [5.41, 5.74) is 1.08. The Bertz CT molecular complexity index is 846. The van der Waals surface area contributed by atoms with Crippen LogP contribution in [-0.2, 0) is 5.75 Å². The van der Waals surface area contributed by atoms with E-state index in [1.54, 1.807) is 31.4 Å². The van der Waals surface area contributed by atoms with Gasteiger partial charge in [0.1, 0.15) is 5.75 Å². The van der Waals surface area contributed by atoms with Gasteiger partial charge in [0.2, 0.25) is 11.7 Å². The molecular weight excluding hydrogens is 328 g/mol. The molecule has 0 aliphatic rings. The molecule has 0 atom stereocenters. The number of nitrogens with zero attached hydrogens (tertiary/aromatic N) is 2. The van der Waals surface area contributed by atoms with Crippen LogP contribution >= 0.6 is 11.8 Å². The molecule has 6 nitrogen and oxygen atoms in total. The largest absolute Gasteiger partial charge is 0.497 e. The van der Waals surface area contributed by atoms with E-state index in [0.717, 1.165) is 11.3 Å². The predicted molar refractivity (Wildman–Crippen MR) is 89.2 cm³/mol. The molecule has 0 aliphatic heterocycles. The molecule has 0 amide bonds. The lowest BCUT2D eigenvalue weighted by Gasteiger charge is -2.02. The average Bonchev–Trinajstić information content (AvgIpc) is 3.09. The summed E-state index contributed by atoms with van der Waals surface area (Å²) in [5.74, 6) is 1.12. The first-order valence-corrected chi connectivity index (χ1v) is 8.08. The van der Waals surface area contributed by atoms with E-state index in [2.05, 4.69) is 10.1 Å². The predicted octanol–water partition coefficient (Wildman–Crippen LogP) is 3.74. The molecule has 0 unspecified atom stereocenters. The number of methoxy groups -OCH3 is 1. The van der Waals surface area contributed by atoms with Crippen molar-refractivity contribution in [2.75, 3.05) is 7.11 Å². The maximum atomic E-state index is 11.2. The Labute approximate surface area is 142 Å². The summed E-state index contributed by atoms with van der Waals surface area (Å²) < 4.78 is 10.3. The van der Waals surface area contributed by atoms with Gasteiger partial charge < -0.3 is 14.4 Å². The molecule has 0 saturated carbocycles. The second-order valence-electron chi connectivity index (χ2n) is 4.83. The molecule has 0 aliphatic carbocycles. The molecule has 122 valence electrons. The van der Waals surface area contributed by atoms with Gasteiger partial charge >= 0.3 is 5.97 Å². The number of carboxylic acid groups (broad SMARTS) is 1. The number of carboxylic acids is 1. The number of aromatic nitrogens is 2. The van der Waals surface area contributed by atoms with E-state index >= 15 is 0 Å². The lowest BCUT2D eigenvalue weighted by atomic mass is 10.2. The fraction of sp³-hybridized carbons (Fsp3) is 0.118. The third kappa shape index (κ3) is 3.57. The highest BCUT2D eigenvalue weighted by Gasteiger charge is 2.13. The normalized spacial score (nSPS) is 10.5. The monoisotopic (exact) mass is 342 g/mol. The van der Waals surface area contributed by atoms with Crippen molar-refractivity contribution in [3.05, 3.63) is 60.0 Å². The highest BCUT2D eigenvalue weighted by Crippen LogP contribution is 2.27. The average molecular weight is 342 g/mol. The summed E-state index contributed by atoms with van der Waals surface area (Å²) in [6.45, 7) is 0. The number of ether oxygens (including phenoxy) is 1. The smallest absolute Gasteiger partial charge is 0.336 e. The minimum atomic E-state index is -0.956. The molecule has 0 spiro atoms. The zero-order valence-electron chi connectivity index (χ0n) is 12.8. The maximum absolute atomic E-state index is 11.2. The first-order valence-electron chi connectivity index (χ1n) is 7.09. The van der Waals surface area contributed by atoms with Crippen molar-refractivity contribution < 1.29 is 19.2 Å². The summed E-state index contributed by atoms with van der Waals surface area (Å²) in [5, 5.41) is 13.1. The Morgan fingerprint density at radius 1 is 1.21 bits per heavy atom. The Hall–Kier alpha value is -2.80. The zero-order valence-corrected chi connectivity index (χ0v) is 13.6. The van der Waals surface area contributed by atoms with Crippen LogP contribution in [-0.4, -0.2) is 28.3 Å². The van der Waals surface area contributed by atoms with Crippen LogP contribution in [0.2, 0.25) is 0 Å². The lowest BCUT2D eigenvalue weighted by molar-refractivity contribution is 0.0693. The van der Waals surface area contributed by atoms with E-state index in [4.69, 9.17) is 9.26 Å². The van der Waals surface area contributed by atoms with Gasteiger partial charge in [0.15, 0.2) is 0 Å². The van der Waals surface area contributed by atoms with E-state index in [-0.39, 0.29) is 5.56 Å². The topological polar surface area (TPSA) is 85.5 Å². The van der Waals surface area contributed by atoms with Gasteiger partial charge in [0.25, 0.3) is 0 Å². The minimum absolute atomic E-state index is 0.261. The van der Waals surface area contributed by atoms with Crippen molar-refractivity contribution >= 4 is 17.7 Å². The van der Waals surface area contributed by atoms with Crippen molar-refractivity contribution in [2.24, 2.45) is 0 Å². The van der Waals surface area contributed by atoms with Crippen LogP contribution < -0.4 is 4.74 Å². The number of thioether (sulfide) groups is 1. The van der Waals surface area contributed by atoms with Gasteiger partial charge in [0, 0.05) is 10.5 Å². The fourth-order valence-electron chi connectivity index (χ4n) is 2.08. The van der Waals surface area contributed by atoms with Crippen molar-refractivity contribution in [2.45, 2.75) is 10.6 Å². The van der Waals surface area contributed by atoms with E-state index < -0.39 is 5.97 Å². The van der Waals surface area contributed by atoms with Crippen LogP contribution in [0.3, 0.4) is 0 Å². The fourth-order valence-corrected chi connectivity index (χ4v) is 2.96. The van der Waals surface area contributed by atoms with Gasteiger partial charge in [0.05, 0.1) is 18.4 Å². The van der Waals surface area contributed by atoms with Crippen LogP contribution in [0.25, 0.3) is 11.4 Å². The summed E-state index contributed by atoms with van der Waals surface area (Å²) >= 11 is 1.35. The van der Waals surface area contributed by atoms with Crippen molar-refractivity contribution in [1.29, 1.82) is 0 Å². The van der Waals surface area contributed by atoms with E-state index in [9.17, 15) is 9.90 Å². The summed E-state index contributed by atoms with van der Waals surface area (Å²) in [4.78, 5) is 16.2. The van der Waals surface area contributed by atoms with E-state index in [1.165, 1.54) is 11.8 Å². The highest BCUT2D eigenvalue weighted by molar-refractivity contribution is 7.98. The molecule has 3 rings (SSSR count).